The van der Waals surface area contributed by atoms with E-state index in [9.17, 15) is 14.7 Å². The zero-order chi connectivity index (χ0) is 23.4. The average molecular weight is 468 g/mol. The van der Waals surface area contributed by atoms with Crippen LogP contribution < -0.4 is 9.47 Å². The standard InChI is InChI=1S/C24H22ClN3O5/c1-32-20-5-3-2-4-19(20)22(29)28-11-10-24(14-28,23(30)31)15-33-18-12-26-21(27-13-18)16-6-8-17(25)9-7-16/h2-9,12-13H,10-11,14-15H2,1H3,(H,30,31). The summed E-state index contributed by atoms with van der Waals surface area (Å²) in [5, 5.41) is 10.6. The summed E-state index contributed by atoms with van der Waals surface area (Å²) in [5.41, 5.74) is -0.0328. The summed E-state index contributed by atoms with van der Waals surface area (Å²) in [4.78, 5) is 35.2. The number of amides is 1. The molecule has 0 saturated carbocycles. The third-order valence-corrected chi connectivity index (χ3v) is 5.93. The van der Waals surface area contributed by atoms with E-state index < -0.39 is 11.4 Å². The molecule has 2 heterocycles. The van der Waals surface area contributed by atoms with Crippen LogP contribution in [0.4, 0.5) is 0 Å². The number of ether oxygens (including phenoxy) is 2. The smallest absolute Gasteiger partial charge is 0.315 e. The Kier molecular flexibility index (Phi) is 6.46. The van der Waals surface area contributed by atoms with Gasteiger partial charge >= 0.3 is 5.97 Å². The summed E-state index contributed by atoms with van der Waals surface area (Å²) in [5.74, 6) is 0.0107. The van der Waals surface area contributed by atoms with Crippen molar-refractivity contribution in [3.8, 4) is 22.9 Å². The summed E-state index contributed by atoms with van der Waals surface area (Å²) in [6.45, 7) is 0.225. The predicted molar refractivity (Wildman–Crippen MR) is 122 cm³/mol. The van der Waals surface area contributed by atoms with Gasteiger partial charge in [0, 0.05) is 23.7 Å². The molecule has 0 aliphatic carbocycles. The van der Waals surface area contributed by atoms with E-state index in [2.05, 4.69) is 9.97 Å². The van der Waals surface area contributed by atoms with Crippen molar-refractivity contribution in [1.29, 1.82) is 0 Å². The van der Waals surface area contributed by atoms with Crippen molar-refractivity contribution in [1.82, 2.24) is 14.9 Å². The highest BCUT2D eigenvalue weighted by molar-refractivity contribution is 6.30. The normalized spacial score (nSPS) is 17.6. The van der Waals surface area contributed by atoms with Gasteiger partial charge in [0.2, 0.25) is 0 Å². The number of hydrogen-bond acceptors (Lipinski definition) is 6. The van der Waals surface area contributed by atoms with E-state index in [0.717, 1.165) is 5.56 Å². The number of nitrogens with zero attached hydrogens (tertiary/aromatic N) is 3. The fraction of sp³-hybridized carbons (Fsp3) is 0.250. The minimum absolute atomic E-state index is 0.0307. The second-order valence-corrected chi connectivity index (χ2v) is 8.24. The fourth-order valence-corrected chi connectivity index (χ4v) is 3.88. The highest BCUT2D eigenvalue weighted by atomic mass is 35.5. The molecule has 33 heavy (non-hydrogen) atoms. The van der Waals surface area contributed by atoms with Crippen LogP contribution in [0.15, 0.2) is 60.9 Å². The molecule has 0 bridgehead atoms. The molecule has 1 amide bonds. The molecule has 1 fully saturated rings. The van der Waals surface area contributed by atoms with E-state index in [1.54, 1.807) is 36.4 Å². The third-order valence-electron chi connectivity index (χ3n) is 5.68. The second-order valence-electron chi connectivity index (χ2n) is 7.80. The Morgan fingerprint density at radius 3 is 2.48 bits per heavy atom. The molecular formula is C24H22ClN3O5. The van der Waals surface area contributed by atoms with Crippen molar-refractivity contribution >= 4 is 23.5 Å². The van der Waals surface area contributed by atoms with Crippen molar-refractivity contribution in [2.24, 2.45) is 5.41 Å². The summed E-state index contributed by atoms with van der Waals surface area (Å²) < 4.78 is 11.0. The first-order chi connectivity index (χ1) is 15.9. The van der Waals surface area contributed by atoms with Crippen molar-refractivity contribution in [3.05, 3.63) is 71.5 Å². The molecule has 170 valence electrons. The topological polar surface area (TPSA) is 102 Å². The van der Waals surface area contributed by atoms with E-state index in [4.69, 9.17) is 21.1 Å². The molecule has 9 heteroatoms. The fourth-order valence-electron chi connectivity index (χ4n) is 3.75. The maximum absolute atomic E-state index is 13.0. The lowest BCUT2D eigenvalue weighted by Gasteiger charge is -2.25. The second kappa shape index (κ2) is 9.46. The van der Waals surface area contributed by atoms with Crippen LogP contribution in [0.3, 0.4) is 0 Å². The van der Waals surface area contributed by atoms with Gasteiger partial charge in [0.15, 0.2) is 11.6 Å². The highest BCUT2D eigenvalue weighted by Crippen LogP contribution is 2.34. The minimum atomic E-state index is -1.23. The summed E-state index contributed by atoms with van der Waals surface area (Å²) in [6, 6.07) is 14.0. The molecule has 8 nitrogen and oxygen atoms in total. The molecule has 1 aliphatic heterocycles. The number of halogens is 1. The monoisotopic (exact) mass is 467 g/mol. The van der Waals surface area contributed by atoms with Gasteiger partial charge in [-0.25, -0.2) is 9.97 Å². The van der Waals surface area contributed by atoms with E-state index in [-0.39, 0.29) is 25.5 Å². The summed E-state index contributed by atoms with van der Waals surface area (Å²) in [6.07, 6.45) is 3.27. The SMILES string of the molecule is COc1ccccc1C(=O)N1CCC(COc2cnc(-c3ccc(Cl)cc3)nc2)(C(=O)O)C1. The number of carbonyl (C=O) groups is 2. The van der Waals surface area contributed by atoms with Gasteiger partial charge in [-0.1, -0.05) is 23.7 Å². The third kappa shape index (κ3) is 4.75. The maximum Gasteiger partial charge on any atom is 0.315 e. The van der Waals surface area contributed by atoms with E-state index >= 15 is 0 Å². The molecule has 1 N–H and O–H groups in total. The van der Waals surface area contributed by atoms with Gasteiger partial charge in [0.05, 0.1) is 25.1 Å². The zero-order valence-corrected chi connectivity index (χ0v) is 18.7. The van der Waals surface area contributed by atoms with E-state index in [1.165, 1.54) is 24.4 Å². The molecule has 1 saturated heterocycles. The van der Waals surface area contributed by atoms with Crippen LogP contribution in [0.5, 0.6) is 11.5 Å². The Labute approximate surface area is 195 Å². The largest absolute Gasteiger partial charge is 0.496 e. The Hall–Kier alpha value is -3.65. The molecule has 0 spiro atoms. The lowest BCUT2D eigenvalue weighted by Crippen LogP contribution is -2.41. The van der Waals surface area contributed by atoms with Crippen LogP contribution >= 0.6 is 11.6 Å². The highest BCUT2D eigenvalue weighted by Gasteiger charge is 2.47. The number of carbonyl (C=O) groups excluding carboxylic acids is 1. The summed E-state index contributed by atoms with van der Waals surface area (Å²) in [7, 11) is 1.49. The van der Waals surface area contributed by atoms with Crippen molar-refractivity contribution in [3.63, 3.8) is 0 Å². The Bertz CT molecular complexity index is 1150. The molecule has 0 radical (unpaired) electrons. The van der Waals surface area contributed by atoms with Gasteiger partial charge in [-0.05, 0) is 42.8 Å². The lowest BCUT2D eigenvalue weighted by molar-refractivity contribution is -0.149. The Morgan fingerprint density at radius 2 is 1.82 bits per heavy atom. The number of rotatable bonds is 7. The van der Waals surface area contributed by atoms with Gasteiger partial charge in [-0.2, -0.15) is 0 Å². The molecule has 1 aromatic heterocycles. The number of benzene rings is 2. The average Bonchev–Trinajstić information content (AvgIpc) is 3.29. The van der Waals surface area contributed by atoms with Crippen LogP contribution in [0.25, 0.3) is 11.4 Å². The van der Waals surface area contributed by atoms with Crippen LogP contribution in [-0.4, -0.2) is 58.7 Å². The van der Waals surface area contributed by atoms with Gasteiger partial charge in [-0.15, -0.1) is 0 Å². The number of para-hydroxylation sites is 1. The first kappa shape index (κ1) is 22.5. The molecule has 3 aromatic rings. The number of methoxy groups -OCH3 is 1. The maximum atomic E-state index is 13.0. The van der Waals surface area contributed by atoms with Gasteiger partial charge in [0.25, 0.3) is 5.91 Å². The molecule has 1 atom stereocenters. The quantitative estimate of drug-likeness (QED) is 0.563. The number of likely N-dealkylation sites (tertiary alicyclic amines) is 1. The van der Waals surface area contributed by atoms with Crippen molar-refractivity contribution in [2.75, 3.05) is 26.8 Å². The molecule has 1 unspecified atom stereocenters. The molecule has 1 aliphatic rings. The molecular weight excluding hydrogens is 446 g/mol. The number of carboxylic acids is 1. The van der Waals surface area contributed by atoms with E-state index in [1.807, 2.05) is 12.1 Å². The van der Waals surface area contributed by atoms with Crippen LogP contribution in [0, 0.1) is 5.41 Å². The van der Waals surface area contributed by atoms with Crippen molar-refractivity contribution in [2.45, 2.75) is 6.42 Å². The number of carboxylic acid groups (broad SMARTS) is 1. The summed E-state index contributed by atoms with van der Waals surface area (Å²) >= 11 is 5.91. The van der Waals surface area contributed by atoms with Gasteiger partial charge < -0.3 is 19.5 Å². The van der Waals surface area contributed by atoms with Crippen molar-refractivity contribution < 1.29 is 24.2 Å². The lowest BCUT2D eigenvalue weighted by atomic mass is 9.88. The Morgan fingerprint density at radius 1 is 1.12 bits per heavy atom. The number of aromatic nitrogens is 2. The minimum Gasteiger partial charge on any atom is -0.496 e. The first-order valence-electron chi connectivity index (χ1n) is 10.3. The zero-order valence-electron chi connectivity index (χ0n) is 17.9. The van der Waals surface area contributed by atoms with E-state index in [0.29, 0.717) is 34.5 Å². The van der Waals surface area contributed by atoms with Crippen LogP contribution in [-0.2, 0) is 4.79 Å². The van der Waals surface area contributed by atoms with Crippen LogP contribution in [0.1, 0.15) is 16.8 Å². The number of aliphatic carboxylic acids is 1. The first-order valence-corrected chi connectivity index (χ1v) is 10.7. The van der Waals surface area contributed by atoms with Gasteiger partial charge in [0.1, 0.15) is 17.8 Å². The predicted octanol–water partition coefficient (Wildman–Crippen LogP) is 3.80. The number of hydrogen-bond donors (Lipinski definition) is 1. The Balaban J connectivity index is 1.44. The molecule has 2 aromatic carbocycles. The molecule has 4 rings (SSSR count). The van der Waals surface area contributed by atoms with Gasteiger partial charge in [-0.3, -0.25) is 9.59 Å². The van der Waals surface area contributed by atoms with Crippen LogP contribution in [0.2, 0.25) is 5.02 Å².